The number of allylic oxidation sites excluding steroid dienone is 1. The summed E-state index contributed by atoms with van der Waals surface area (Å²) in [6.07, 6.45) is 1.67. The molecule has 0 saturated heterocycles. The number of esters is 2. The maximum absolute atomic E-state index is 12.5. The molecule has 0 fully saturated rings. The average Bonchev–Trinajstić information content (AvgIpc) is 2.61. The Bertz CT molecular complexity index is 734. The first-order chi connectivity index (χ1) is 11.2. The Morgan fingerprint density at radius 3 is 2.09 bits per heavy atom. The summed E-state index contributed by atoms with van der Waals surface area (Å²) in [4.78, 5) is 24.3. The van der Waals surface area contributed by atoms with E-state index in [2.05, 4.69) is 4.74 Å². The van der Waals surface area contributed by atoms with Gasteiger partial charge in [-0.3, -0.25) is 4.79 Å². The first-order valence-electron chi connectivity index (χ1n) is 7.32. The van der Waals surface area contributed by atoms with E-state index in [-0.39, 0.29) is 11.7 Å². The molecule has 0 N–H and O–H groups in total. The molecule has 23 heavy (non-hydrogen) atoms. The van der Waals surface area contributed by atoms with Crippen LogP contribution in [0, 0.1) is 0 Å². The van der Waals surface area contributed by atoms with Crippen LogP contribution in [0.1, 0.15) is 23.0 Å². The van der Waals surface area contributed by atoms with Crippen molar-refractivity contribution in [3.8, 4) is 0 Å². The van der Waals surface area contributed by atoms with Crippen LogP contribution in [0.3, 0.4) is 0 Å². The molecule has 4 heteroatoms. The van der Waals surface area contributed by atoms with Gasteiger partial charge in [-0.25, -0.2) is 4.79 Å². The van der Waals surface area contributed by atoms with Gasteiger partial charge in [0.15, 0.2) is 0 Å². The fourth-order valence-electron chi connectivity index (χ4n) is 2.79. The minimum absolute atomic E-state index is 0.0569. The molecule has 0 unspecified atom stereocenters. The van der Waals surface area contributed by atoms with Crippen molar-refractivity contribution in [3.63, 3.8) is 0 Å². The number of cyclic esters (lactones) is 1. The highest BCUT2D eigenvalue weighted by atomic mass is 16.6. The Hall–Kier alpha value is -2.88. The molecule has 0 radical (unpaired) electrons. The van der Waals surface area contributed by atoms with Gasteiger partial charge in [-0.05, 0) is 17.2 Å². The largest absolute Gasteiger partial charge is 0.463 e. The quantitative estimate of drug-likeness (QED) is 0.817. The Labute approximate surface area is 134 Å². The van der Waals surface area contributed by atoms with E-state index >= 15 is 0 Å². The molecular weight excluding hydrogens is 292 g/mol. The van der Waals surface area contributed by atoms with Gasteiger partial charge in [0, 0.05) is 5.92 Å². The standard InChI is InChI=1S/C19H16O4/c1-22-18(20)16-12-15(13-8-4-2-5-9-13)17(19(21)23-16)14-10-6-3-7-11-14/h2-12,15,17H,1H3/t15-,17+/m1/s1. The Balaban J connectivity index is 2.09. The van der Waals surface area contributed by atoms with E-state index in [0.29, 0.717) is 0 Å². The molecule has 0 bridgehead atoms. The van der Waals surface area contributed by atoms with Crippen LogP contribution >= 0.6 is 0 Å². The maximum atomic E-state index is 12.5. The van der Waals surface area contributed by atoms with E-state index in [9.17, 15) is 9.59 Å². The number of benzene rings is 2. The number of rotatable bonds is 3. The SMILES string of the molecule is COC(=O)C1=C[C@H](c2ccccc2)[C@H](c2ccccc2)C(=O)O1. The van der Waals surface area contributed by atoms with Crippen LogP contribution in [0.4, 0.5) is 0 Å². The van der Waals surface area contributed by atoms with Crippen molar-refractivity contribution in [2.24, 2.45) is 0 Å². The molecule has 2 aromatic rings. The average molecular weight is 308 g/mol. The molecule has 0 spiro atoms. The van der Waals surface area contributed by atoms with Crippen LogP contribution in [-0.2, 0) is 19.1 Å². The molecular formula is C19H16O4. The van der Waals surface area contributed by atoms with Crippen molar-refractivity contribution in [1.82, 2.24) is 0 Å². The lowest BCUT2D eigenvalue weighted by molar-refractivity contribution is -0.152. The van der Waals surface area contributed by atoms with Gasteiger partial charge in [-0.1, -0.05) is 60.7 Å². The van der Waals surface area contributed by atoms with Crippen molar-refractivity contribution in [3.05, 3.63) is 83.6 Å². The summed E-state index contributed by atoms with van der Waals surface area (Å²) in [6, 6.07) is 19.0. The third-order valence-electron chi connectivity index (χ3n) is 3.88. The zero-order valence-electron chi connectivity index (χ0n) is 12.6. The molecule has 3 rings (SSSR count). The molecule has 1 aliphatic rings. The minimum Gasteiger partial charge on any atom is -0.463 e. The van der Waals surface area contributed by atoms with Crippen molar-refractivity contribution in [2.75, 3.05) is 7.11 Å². The summed E-state index contributed by atoms with van der Waals surface area (Å²) in [7, 11) is 1.26. The van der Waals surface area contributed by atoms with Gasteiger partial charge in [0.25, 0.3) is 0 Å². The van der Waals surface area contributed by atoms with Crippen molar-refractivity contribution in [2.45, 2.75) is 11.8 Å². The highest BCUT2D eigenvalue weighted by molar-refractivity contribution is 5.93. The van der Waals surface area contributed by atoms with Gasteiger partial charge >= 0.3 is 11.9 Å². The Morgan fingerprint density at radius 2 is 1.52 bits per heavy atom. The summed E-state index contributed by atoms with van der Waals surface area (Å²) in [6.45, 7) is 0. The molecule has 4 nitrogen and oxygen atoms in total. The van der Waals surface area contributed by atoms with Crippen molar-refractivity contribution < 1.29 is 19.1 Å². The van der Waals surface area contributed by atoms with Gasteiger partial charge < -0.3 is 9.47 Å². The number of hydrogen-bond acceptors (Lipinski definition) is 4. The first kappa shape index (κ1) is 15.0. The van der Waals surface area contributed by atoms with E-state index < -0.39 is 17.9 Å². The third kappa shape index (κ3) is 3.01. The van der Waals surface area contributed by atoms with Gasteiger partial charge in [0.2, 0.25) is 5.76 Å². The molecule has 0 aliphatic carbocycles. The smallest absolute Gasteiger partial charge is 0.373 e. The van der Waals surface area contributed by atoms with Gasteiger partial charge in [0.05, 0.1) is 13.0 Å². The summed E-state index contributed by atoms with van der Waals surface area (Å²) in [5.41, 5.74) is 1.80. The van der Waals surface area contributed by atoms with Crippen LogP contribution in [0.5, 0.6) is 0 Å². The molecule has 0 amide bonds. The van der Waals surface area contributed by atoms with E-state index in [0.717, 1.165) is 11.1 Å². The van der Waals surface area contributed by atoms with Crippen LogP contribution < -0.4 is 0 Å². The second kappa shape index (κ2) is 6.48. The summed E-state index contributed by atoms with van der Waals surface area (Å²) >= 11 is 0. The summed E-state index contributed by atoms with van der Waals surface area (Å²) in [5, 5.41) is 0. The predicted molar refractivity (Wildman–Crippen MR) is 84.6 cm³/mol. The lowest BCUT2D eigenvalue weighted by atomic mass is 9.80. The third-order valence-corrected chi connectivity index (χ3v) is 3.88. The summed E-state index contributed by atoms with van der Waals surface area (Å²) in [5.74, 6) is -1.93. The second-order valence-corrected chi connectivity index (χ2v) is 5.27. The topological polar surface area (TPSA) is 52.6 Å². The highest BCUT2D eigenvalue weighted by Gasteiger charge is 2.38. The van der Waals surface area contributed by atoms with Crippen LogP contribution in [0.25, 0.3) is 0 Å². The van der Waals surface area contributed by atoms with Crippen LogP contribution in [0.15, 0.2) is 72.5 Å². The minimum atomic E-state index is -0.647. The molecule has 0 aromatic heterocycles. The maximum Gasteiger partial charge on any atom is 0.373 e. The van der Waals surface area contributed by atoms with Crippen molar-refractivity contribution in [1.29, 1.82) is 0 Å². The van der Waals surface area contributed by atoms with E-state index in [1.807, 2.05) is 60.7 Å². The molecule has 2 aromatic carbocycles. The zero-order valence-corrected chi connectivity index (χ0v) is 12.6. The van der Waals surface area contributed by atoms with Crippen LogP contribution in [0.2, 0.25) is 0 Å². The van der Waals surface area contributed by atoms with E-state index in [1.54, 1.807) is 6.08 Å². The van der Waals surface area contributed by atoms with Crippen LogP contribution in [-0.4, -0.2) is 19.0 Å². The Kier molecular flexibility index (Phi) is 4.24. The van der Waals surface area contributed by atoms with Gasteiger partial charge in [-0.2, -0.15) is 0 Å². The zero-order chi connectivity index (χ0) is 16.2. The van der Waals surface area contributed by atoms with Crippen molar-refractivity contribution >= 4 is 11.9 Å². The number of methoxy groups -OCH3 is 1. The lowest BCUT2D eigenvalue weighted by Crippen LogP contribution is -2.29. The number of carbonyl (C=O) groups is 2. The number of hydrogen-bond donors (Lipinski definition) is 0. The molecule has 1 heterocycles. The lowest BCUT2D eigenvalue weighted by Gasteiger charge is -2.28. The van der Waals surface area contributed by atoms with Gasteiger partial charge in [0.1, 0.15) is 0 Å². The number of carbonyl (C=O) groups excluding carboxylic acids is 2. The first-order valence-corrected chi connectivity index (χ1v) is 7.32. The Morgan fingerprint density at radius 1 is 0.957 bits per heavy atom. The monoisotopic (exact) mass is 308 g/mol. The molecule has 0 saturated carbocycles. The molecule has 1 aliphatic heterocycles. The highest BCUT2D eigenvalue weighted by Crippen LogP contribution is 2.39. The molecule has 2 atom stereocenters. The fourth-order valence-corrected chi connectivity index (χ4v) is 2.79. The van der Waals surface area contributed by atoms with Gasteiger partial charge in [-0.15, -0.1) is 0 Å². The second-order valence-electron chi connectivity index (χ2n) is 5.27. The fraction of sp³-hybridized carbons (Fsp3) is 0.158. The number of ether oxygens (including phenoxy) is 2. The summed E-state index contributed by atoms with van der Waals surface area (Å²) < 4.78 is 9.88. The molecule has 116 valence electrons. The predicted octanol–water partition coefficient (Wildman–Crippen LogP) is 3.17. The normalized spacial score (nSPS) is 20.4. The van der Waals surface area contributed by atoms with E-state index in [4.69, 9.17) is 4.74 Å². The van der Waals surface area contributed by atoms with E-state index in [1.165, 1.54) is 7.11 Å².